The molecule has 6 heteroatoms. The number of benzene rings is 2. The van der Waals surface area contributed by atoms with E-state index in [9.17, 15) is 9.59 Å². The maximum absolute atomic E-state index is 11.7. The van der Waals surface area contributed by atoms with Crippen molar-refractivity contribution in [3.63, 3.8) is 0 Å². The van der Waals surface area contributed by atoms with Crippen molar-refractivity contribution in [2.45, 2.75) is 0 Å². The number of para-hydroxylation sites is 3. The highest BCUT2D eigenvalue weighted by atomic mass is 16.6. The number of carbonyl (C=O) groups excluding carboxylic acids is 2. The molecule has 0 aliphatic rings. The number of hydrogen-bond acceptors (Lipinski definition) is 4. The Kier molecular flexibility index (Phi) is 4.18. The number of nitrogens with two attached hydrogens (primary N) is 1. The number of anilines is 1. The highest BCUT2D eigenvalue weighted by Crippen LogP contribution is 2.26. The number of amides is 2. The second kappa shape index (κ2) is 6.24. The first-order chi connectivity index (χ1) is 9.65. The molecule has 2 aromatic carbocycles. The lowest BCUT2D eigenvalue weighted by Crippen LogP contribution is -2.19. The number of carbonyl (C=O) groups is 2. The van der Waals surface area contributed by atoms with Gasteiger partial charge in [-0.3, -0.25) is 5.32 Å². The summed E-state index contributed by atoms with van der Waals surface area (Å²) in [5.74, 6) is 0.169. The lowest BCUT2D eigenvalue weighted by molar-refractivity contribution is 0.202. The highest BCUT2D eigenvalue weighted by molar-refractivity contribution is 5.86. The first-order valence-electron chi connectivity index (χ1n) is 5.75. The molecule has 20 heavy (non-hydrogen) atoms. The summed E-state index contributed by atoms with van der Waals surface area (Å²) in [6.45, 7) is 0. The predicted molar refractivity (Wildman–Crippen MR) is 72.7 cm³/mol. The van der Waals surface area contributed by atoms with Crippen LogP contribution in [-0.2, 0) is 0 Å². The summed E-state index contributed by atoms with van der Waals surface area (Å²) in [4.78, 5) is 22.5. The fraction of sp³-hybridized carbons (Fsp3) is 0. The van der Waals surface area contributed by atoms with Crippen molar-refractivity contribution in [3.8, 4) is 11.5 Å². The first kappa shape index (κ1) is 13.4. The van der Waals surface area contributed by atoms with E-state index in [0.29, 0.717) is 5.69 Å². The van der Waals surface area contributed by atoms with Crippen molar-refractivity contribution >= 4 is 17.9 Å². The van der Waals surface area contributed by atoms with Gasteiger partial charge >= 0.3 is 12.2 Å². The predicted octanol–water partition coefficient (Wildman–Crippen LogP) is 2.76. The Morgan fingerprint density at radius 1 is 0.850 bits per heavy atom. The van der Waals surface area contributed by atoms with Crippen LogP contribution in [0.4, 0.5) is 15.3 Å². The molecule has 0 radical (unpaired) electrons. The molecule has 0 aromatic heterocycles. The van der Waals surface area contributed by atoms with Gasteiger partial charge in [-0.2, -0.15) is 0 Å². The molecular formula is C14H12N2O4. The van der Waals surface area contributed by atoms with Crippen LogP contribution in [-0.4, -0.2) is 12.2 Å². The molecule has 2 amide bonds. The van der Waals surface area contributed by atoms with E-state index in [4.69, 9.17) is 15.2 Å². The standard InChI is InChI=1S/C14H12N2O4/c15-13(17)19-11-8-4-5-9-12(11)20-14(18)16-10-6-2-1-3-7-10/h1-9H,(H2,15,17)(H,16,18). The maximum atomic E-state index is 11.7. The summed E-state index contributed by atoms with van der Waals surface area (Å²) in [5.41, 5.74) is 5.52. The summed E-state index contributed by atoms with van der Waals surface area (Å²) in [6.07, 6.45) is -1.68. The highest BCUT2D eigenvalue weighted by Gasteiger charge is 2.11. The van der Waals surface area contributed by atoms with Crippen LogP contribution < -0.4 is 20.5 Å². The van der Waals surface area contributed by atoms with Crippen molar-refractivity contribution in [1.29, 1.82) is 0 Å². The van der Waals surface area contributed by atoms with Gasteiger partial charge in [0.15, 0.2) is 11.5 Å². The molecule has 2 aromatic rings. The van der Waals surface area contributed by atoms with E-state index in [-0.39, 0.29) is 11.5 Å². The average molecular weight is 272 g/mol. The van der Waals surface area contributed by atoms with E-state index in [1.165, 1.54) is 12.1 Å². The van der Waals surface area contributed by atoms with E-state index >= 15 is 0 Å². The van der Waals surface area contributed by atoms with Crippen molar-refractivity contribution in [2.24, 2.45) is 5.73 Å². The minimum Gasteiger partial charge on any atom is -0.406 e. The number of nitrogens with one attached hydrogen (secondary N) is 1. The second-order valence-electron chi connectivity index (χ2n) is 3.75. The number of rotatable bonds is 3. The van der Waals surface area contributed by atoms with Crippen molar-refractivity contribution in [3.05, 3.63) is 54.6 Å². The van der Waals surface area contributed by atoms with Gasteiger partial charge in [0.1, 0.15) is 0 Å². The summed E-state index contributed by atoms with van der Waals surface area (Å²) in [6, 6.07) is 15.0. The van der Waals surface area contributed by atoms with Gasteiger partial charge in [-0.1, -0.05) is 30.3 Å². The summed E-state index contributed by atoms with van der Waals surface area (Å²) in [7, 11) is 0. The fourth-order valence-corrected chi connectivity index (χ4v) is 1.49. The molecule has 3 N–H and O–H groups in total. The van der Waals surface area contributed by atoms with Gasteiger partial charge < -0.3 is 15.2 Å². The Morgan fingerprint density at radius 3 is 2.00 bits per heavy atom. The van der Waals surface area contributed by atoms with Gasteiger partial charge in [0.25, 0.3) is 0 Å². The number of hydrogen-bond donors (Lipinski definition) is 2. The minimum atomic E-state index is -0.982. The van der Waals surface area contributed by atoms with Gasteiger partial charge in [0, 0.05) is 5.69 Å². The summed E-state index contributed by atoms with van der Waals surface area (Å²) in [5, 5.41) is 2.54. The molecule has 0 unspecified atom stereocenters. The molecule has 0 spiro atoms. The Labute approximate surface area is 115 Å². The van der Waals surface area contributed by atoms with Crippen LogP contribution >= 0.6 is 0 Å². The first-order valence-corrected chi connectivity index (χ1v) is 5.75. The molecule has 102 valence electrons. The molecular weight excluding hydrogens is 260 g/mol. The molecule has 0 aliphatic heterocycles. The Hall–Kier alpha value is -3.02. The molecule has 6 nitrogen and oxygen atoms in total. The average Bonchev–Trinajstić information content (AvgIpc) is 2.41. The third kappa shape index (κ3) is 3.74. The zero-order valence-electron chi connectivity index (χ0n) is 10.4. The Morgan fingerprint density at radius 2 is 1.40 bits per heavy atom. The third-order valence-corrected chi connectivity index (χ3v) is 2.28. The molecule has 0 bridgehead atoms. The summed E-state index contributed by atoms with van der Waals surface area (Å²) < 4.78 is 9.80. The fourth-order valence-electron chi connectivity index (χ4n) is 1.49. The van der Waals surface area contributed by atoms with Crippen molar-refractivity contribution in [2.75, 3.05) is 5.32 Å². The molecule has 0 heterocycles. The second-order valence-corrected chi connectivity index (χ2v) is 3.75. The van der Waals surface area contributed by atoms with E-state index in [0.717, 1.165) is 0 Å². The summed E-state index contributed by atoms with van der Waals surface area (Å²) >= 11 is 0. The van der Waals surface area contributed by atoms with Gasteiger partial charge in [0.05, 0.1) is 0 Å². The SMILES string of the molecule is NC(=O)Oc1ccccc1OC(=O)Nc1ccccc1. The Balaban J connectivity index is 2.06. The maximum Gasteiger partial charge on any atom is 0.417 e. The monoisotopic (exact) mass is 272 g/mol. The van der Waals surface area contributed by atoms with Crippen LogP contribution in [0.3, 0.4) is 0 Å². The van der Waals surface area contributed by atoms with Gasteiger partial charge in [0.2, 0.25) is 0 Å². The van der Waals surface area contributed by atoms with Crippen molar-refractivity contribution < 1.29 is 19.1 Å². The largest absolute Gasteiger partial charge is 0.417 e. The zero-order valence-corrected chi connectivity index (χ0v) is 10.4. The molecule has 0 atom stereocenters. The van der Waals surface area contributed by atoms with E-state index < -0.39 is 12.2 Å². The van der Waals surface area contributed by atoms with E-state index in [2.05, 4.69) is 5.32 Å². The molecule has 0 saturated carbocycles. The van der Waals surface area contributed by atoms with E-state index in [1.807, 2.05) is 6.07 Å². The van der Waals surface area contributed by atoms with Crippen LogP contribution in [0.5, 0.6) is 11.5 Å². The third-order valence-electron chi connectivity index (χ3n) is 2.28. The van der Waals surface area contributed by atoms with Gasteiger partial charge in [-0.25, -0.2) is 9.59 Å². The molecule has 2 rings (SSSR count). The molecule has 0 aliphatic carbocycles. The minimum absolute atomic E-state index is 0.0724. The topological polar surface area (TPSA) is 90.7 Å². The molecule has 0 fully saturated rings. The number of ether oxygens (including phenoxy) is 2. The van der Waals surface area contributed by atoms with Crippen molar-refractivity contribution in [1.82, 2.24) is 0 Å². The van der Waals surface area contributed by atoms with Crippen LogP contribution in [0.25, 0.3) is 0 Å². The lowest BCUT2D eigenvalue weighted by Gasteiger charge is -2.09. The molecule has 0 saturated heterocycles. The zero-order chi connectivity index (χ0) is 14.4. The quantitative estimate of drug-likeness (QED) is 0.898. The van der Waals surface area contributed by atoms with Gasteiger partial charge in [-0.15, -0.1) is 0 Å². The van der Waals surface area contributed by atoms with Gasteiger partial charge in [-0.05, 0) is 24.3 Å². The number of primary amides is 1. The van der Waals surface area contributed by atoms with Crippen LogP contribution in [0.2, 0.25) is 0 Å². The normalized spacial score (nSPS) is 9.60. The van der Waals surface area contributed by atoms with Crippen LogP contribution in [0, 0.1) is 0 Å². The van der Waals surface area contributed by atoms with E-state index in [1.54, 1.807) is 36.4 Å². The lowest BCUT2D eigenvalue weighted by atomic mass is 10.3. The Bertz CT molecular complexity index is 614. The van der Waals surface area contributed by atoms with Crippen LogP contribution in [0.15, 0.2) is 54.6 Å². The smallest absolute Gasteiger partial charge is 0.406 e. The van der Waals surface area contributed by atoms with Crippen LogP contribution in [0.1, 0.15) is 0 Å².